The SMILES string of the molecule is CCn1nc(CNC(=O)c2cn(C3CCC(N)CC3)nn2)c2ccccc21. The molecule has 0 radical (unpaired) electrons. The van der Waals surface area contributed by atoms with Crippen LogP contribution in [0.25, 0.3) is 10.9 Å². The van der Waals surface area contributed by atoms with E-state index in [0.29, 0.717) is 12.2 Å². The molecule has 1 amide bonds. The number of para-hydroxylation sites is 1. The number of aryl methyl sites for hydroxylation is 1. The van der Waals surface area contributed by atoms with Gasteiger partial charge >= 0.3 is 0 Å². The van der Waals surface area contributed by atoms with Crippen molar-refractivity contribution >= 4 is 16.8 Å². The van der Waals surface area contributed by atoms with Crippen LogP contribution in [0.1, 0.15) is 54.8 Å². The summed E-state index contributed by atoms with van der Waals surface area (Å²) in [6.45, 7) is 3.20. The second-order valence-electron chi connectivity index (χ2n) is 7.11. The van der Waals surface area contributed by atoms with E-state index >= 15 is 0 Å². The maximum absolute atomic E-state index is 12.5. The van der Waals surface area contributed by atoms with E-state index in [2.05, 4.69) is 27.7 Å². The molecule has 2 heterocycles. The van der Waals surface area contributed by atoms with Crippen molar-refractivity contribution in [3.05, 3.63) is 41.9 Å². The first-order chi connectivity index (χ1) is 13.2. The Labute approximate surface area is 157 Å². The number of nitrogens with two attached hydrogens (primary N) is 1. The van der Waals surface area contributed by atoms with Gasteiger partial charge in [0.25, 0.3) is 5.91 Å². The van der Waals surface area contributed by atoms with Gasteiger partial charge in [0.1, 0.15) is 0 Å². The van der Waals surface area contributed by atoms with Crippen LogP contribution in [0.2, 0.25) is 0 Å². The van der Waals surface area contributed by atoms with Crippen LogP contribution in [-0.4, -0.2) is 36.7 Å². The fraction of sp³-hybridized carbons (Fsp3) is 0.474. The Bertz CT molecular complexity index is 937. The lowest BCUT2D eigenvalue weighted by molar-refractivity contribution is 0.0945. The van der Waals surface area contributed by atoms with Crippen LogP contribution in [0, 0.1) is 0 Å². The molecule has 8 heteroatoms. The topological polar surface area (TPSA) is 104 Å². The molecule has 0 bridgehead atoms. The van der Waals surface area contributed by atoms with E-state index in [4.69, 9.17) is 5.73 Å². The number of fused-ring (bicyclic) bond motifs is 1. The van der Waals surface area contributed by atoms with E-state index in [0.717, 1.165) is 48.8 Å². The highest BCUT2D eigenvalue weighted by Crippen LogP contribution is 2.26. The summed E-state index contributed by atoms with van der Waals surface area (Å²) in [6, 6.07) is 8.61. The van der Waals surface area contributed by atoms with Crippen LogP contribution in [0.4, 0.5) is 0 Å². The average molecular weight is 367 g/mol. The third-order valence-corrected chi connectivity index (χ3v) is 5.31. The standard InChI is InChI=1S/C19H25N7O/c1-2-25-18-6-4-3-5-15(18)16(23-25)11-21-19(27)17-12-26(24-22-17)14-9-7-13(20)8-10-14/h3-6,12-14H,2,7-11,20H2,1H3,(H,21,27). The molecule has 1 aliphatic rings. The molecule has 3 aromatic rings. The van der Waals surface area contributed by atoms with Crippen molar-refractivity contribution < 1.29 is 4.79 Å². The maximum atomic E-state index is 12.5. The van der Waals surface area contributed by atoms with Gasteiger partial charge in [0.2, 0.25) is 0 Å². The molecule has 0 unspecified atom stereocenters. The lowest BCUT2D eigenvalue weighted by Crippen LogP contribution is -2.28. The predicted octanol–water partition coefficient (Wildman–Crippen LogP) is 2.02. The summed E-state index contributed by atoms with van der Waals surface area (Å²) in [7, 11) is 0. The zero-order chi connectivity index (χ0) is 18.8. The second-order valence-corrected chi connectivity index (χ2v) is 7.11. The van der Waals surface area contributed by atoms with Gasteiger partial charge in [-0.2, -0.15) is 5.10 Å². The molecule has 4 rings (SSSR count). The summed E-state index contributed by atoms with van der Waals surface area (Å²) in [5, 5.41) is 16.8. The number of carbonyl (C=O) groups is 1. The third kappa shape index (κ3) is 3.57. The summed E-state index contributed by atoms with van der Waals surface area (Å²) in [4.78, 5) is 12.5. The highest BCUT2D eigenvalue weighted by atomic mass is 16.2. The van der Waals surface area contributed by atoms with Crippen molar-refractivity contribution in [2.24, 2.45) is 5.73 Å². The molecular formula is C19H25N7O. The number of nitrogens with one attached hydrogen (secondary N) is 1. The number of carbonyl (C=O) groups excluding carboxylic acids is 1. The molecule has 0 saturated heterocycles. The molecule has 8 nitrogen and oxygen atoms in total. The largest absolute Gasteiger partial charge is 0.345 e. The van der Waals surface area contributed by atoms with Crippen LogP contribution in [0.15, 0.2) is 30.5 Å². The Balaban J connectivity index is 1.43. The van der Waals surface area contributed by atoms with Gasteiger partial charge in [-0.25, -0.2) is 4.68 Å². The minimum Gasteiger partial charge on any atom is -0.345 e. The fourth-order valence-corrected chi connectivity index (χ4v) is 3.75. The molecule has 0 spiro atoms. The van der Waals surface area contributed by atoms with E-state index < -0.39 is 0 Å². The van der Waals surface area contributed by atoms with Crippen molar-refractivity contribution in [3.63, 3.8) is 0 Å². The van der Waals surface area contributed by atoms with E-state index in [1.54, 1.807) is 6.20 Å². The zero-order valence-corrected chi connectivity index (χ0v) is 15.5. The number of amides is 1. The second kappa shape index (κ2) is 7.48. The molecule has 27 heavy (non-hydrogen) atoms. The molecule has 1 aliphatic carbocycles. The Hall–Kier alpha value is -2.74. The van der Waals surface area contributed by atoms with Gasteiger partial charge < -0.3 is 11.1 Å². The first-order valence-electron chi connectivity index (χ1n) is 9.55. The number of hydrogen-bond acceptors (Lipinski definition) is 5. The fourth-order valence-electron chi connectivity index (χ4n) is 3.75. The lowest BCUT2D eigenvalue weighted by atomic mass is 9.92. The van der Waals surface area contributed by atoms with E-state index in [1.165, 1.54) is 0 Å². The van der Waals surface area contributed by atoms with Crippen LogP contribution in [0.5, 0.6) is 0 Å². The zero-order valence-electron chi connectivity index (χ0n) is 15.5. The Kier molecular flexibility index (Phi) is 4.89. The average Bonchev–Trinajstić information content (AvgIpc) is 3.32. The predicted molar refractivity (Wildman–Crippen MR) is 102 cm³/mol. The van der Waals surface area contributed by atoms with Gasteiger partial charge in [-0.05, 0) is 38.7 Å². The van der Waals surface area contributed by atoms with Crippen LogP contribution >= 0.6 is 0 Å². The number of benzene rings is 1. The molecule has 2 aromatic heterocycles. The van der Waals surface area contributed by atoms with Gasteiger partial charge in [0.05, 0.1) is 30.0 Å². The Morgan fingerprint density at radius 1 is 1.26 bits per heavy atom. The van der Waals surface area contributed by atoms with Crippen LogP contribution in [-0.2, 0) is 13.1 Å². The third-order valence-electron chi connectivity index (χ3n) is 5.31. The summed E-state index contributed by atoms with van der Waals surface area (Å²) in [6.07, 6.45) is 5.66. The molecule has 1 saturated carbocycles. The van der Waals surface area contributed by atoms with Crippen LogP contribution in [0.3, 0.4) is 0 Å². The highest BCUT2D eigenvalue weighted by Gasteiger charge is 2.22. The molecular weight excluding hydrogens is 342 g/mol. The number of hydrogen-bond donors (Lipinski definition) is 2. The van der Waals surface area contributed by atoms with Crippen molar-refractivity contribution in [2.75, 3.05) is 0 Å². The molecule has 3 N–H and O–H groups in total. The van der Waals surface area contributed by atoms with Gasteiger partial charge in [0.15, 0.2) is 5.69 Å². The minimum atomic E-state index is -0.233. The lowest BCUT2D eigenvalue weighted by Gasteiger charge is -2.25. The molecule has 1 fully saturated rings. The molecule has 0 atom stereocenters. The van der Waals surface area contributed by atoms with E-state index in [-0.39, 0.29) is 18.0 Å². The number of nitrogens with zero attached hydrogens (tertiary/aromatic N) is 5. The van der Waals surface area contributed by atoms with Gasteiger partial charge in [0, 0.05) is 18.0 Å². The maximum Gasteiger partial charge on any atom is 0.273 e. The van der Waals surface area contributed by atoms with E-state index in [9.17, 15) is 4.79 Å². The van der Waals surface area contributed by atoms with Gasteiger partial charge in [-0.15, -0.1) is 5.10 Å². The van der Waals surface area contributed by atoms with Crippen molar-refractivity contribution in [1.29, 1.82) is 0 Å². The van der Waals surface area contributed by atoms with E-state index in [1.807, 2.05) is 33.6 Å². The summed E-state index contributed by atoms with van der Waals surface area (Å²) in [5.41, 5.74) is 8.23. The smallest absolute Gasteiger partial charge is 0.273 e. The molecule has 0 aliphatic heterocycles. The van der Waals surface area contributed by atoms with Crippen LogP contribution < -0.4 is 11.1 Å². The van der Waals surface area contributed by atoms with Crippen molar-refractivity contribution in [2.45, 2.75) is 57.8 Å². The first-order valence-corrected chi connectivity index (χ1v) is 9.55. The first kappa shape index (κ1) is 17.7. The van der Waals surface area contributed by atoms with Crippen molar-refractivity contribution in [3.8, 4) is 0 Å². The Morgan fingerprint density at radius 3 is 2.81 bits per heavy atom. The highest BCUT2D eigenvalue weighted by molar-refractivity contribution is 5.92. The number of rotatable bonds is 5. The quantitative estimate of drug-likeness (QED) is 0.718. The summed E-state index contributed by atoms with van der Waals surface area (Å²) in [5.74, 6) is -0.233. The van der Waals surface area contributed by atoms with Crippen molar-refractivity contribution in [1.82, 2.24) is 30.1 Å². The Morgan fingerprint density at radius 2 is 2.04 bits per heavy atom. The molecule has 1 aromatic carbocycles. The minimum absolute atomic E-state index is 0.233. The number of aromatic nitrogens is 5. The monoisotopic (exact) mass is 367 g/mol. The van der Waals surface area contributed by atoms with Gasteiger partial charge in [-0.3, -0.25) is 9.48 Å². The summed E-state index contributed by atoms with van der Waals surface area (Å²) >= 11 is 0. The normalized spacial score (nSPS) is 20.1. The molecule has 142 valence electrons. The summed E-state index contributed by atoms with van der Waals surface area (Å²) < 4.78 is 3.75. The van der Waals surface area contributed by atoms with Gasteiger partial charge in [-0.1, -0.05) is 23.4 Å².